The number of hydrogen-bond acceptors (Lipinski definition) is 5. The largest absolute Gasteiger partial charge is 0.478 e. The van der Waals surface area contributed by atoms with E-state index in [1.165, 1.54) is 0 Å². The van der Waals surface area contributed by atoms with Crippen molar-refractivity contribution in [2.24, 2.45) is 11.7 Å². The zero-order valence-electron chi connectivity index (χ0n) is 19.2. The molecule has 9 nitrogen and oxygen atoms in total. The molecular weight excluding hydrogens is 481 g/mol. The second-order valence-corrected chi connectivity index (χ2v) is 8.70. The third-order valence-corrected chi connectivity index (χ3v) is 6.17. The Morgan fingerprint density at radius 2 is 1.75 bits per heavy atom. The molecule has 36 heavy (non-hydrogen) atoms. The predicted octanol–water partition coefficient (Wildman–Crippen LogP) is 2.14. The number of aliphatic carboxylic acids is 2. The van der Waals surface area contributed by atoms with Gasteiger partial charge in [0.05, 0.1) is 6.04 Å². The molecule has 2 aromatic rings. The number of carbonyl (C=O) groups excluding carboxylic acids is 1. The normalized spacial score (nSPS) is 19.7. The zero-order chi connectivity index (χ0) is 26.4. The zero-order valence-corrected chi connectivity index (χ0v) is 19.2. The molecule has 0 bridgehead atoms. The van der Waals surface area contributed by atoms with Crippen LogP contribution >= 0.6 is 0 Å². The van der Waals surface area contributed by atoms with Crippen LogP contribution in [0.1, 0.15) is 18.4 Å². The van der Waals surface area contributed by atoms with Gasteiger partial charge in [-0.05, 0) is 36.6 Å². The number of carboxylic acid groups (broad SMARTS) is 2. The predicted molar refractivity (Wildman–Crippen MR) is 124 cm³/mol. The molecule has 12 heteroatoms. The van der Waals surface area contributed by atoms with E-state index in [9.17, 15) is 27.6 Å². The number of aromatic nitrogens is 1. The van der Waals surface area contributed by atoms with Crippen molar-refractivity contribution in [3.8, 4) is 0 Å². The Labute approximate surface area is 205 Å². The molecule has 1 amide bonds. The van der Waals surface area contributed by atoms with Crippen molar-refractivity contribution in [1.29, 1.82) is 0 Å². The maximum Gasteiger partial charge on any atom is 0.328 e. The molecule has 4 rings (SSSR count). The number of nitrogens with one attached hydrogen (secondary N) is 1. The van der Waals surface area contributed by atoms with Crippen molar-refractivity contribution in [3.05, 3.63) is 65.6 Å². The van der Waals surface area contributed by atoms with Crippen molar-refractivity contribution in [3.63, 3.8) is 0 Å². The van der Waals surface area contributed by atoms with E-state index < -0.39 is 35.4 Å². The highest BCUT2D eigenvalue weighted by Crippen LogP contribution is 2.34. The van der Waals surface area contributed by atoms with Crippen LogP contribution in [-0.4, -0.2) is 69.7 Å². The first-order valence-corrected chi connectivity index (χ1v) is 11.3. The van der Waals surface area contributed by atoms with Gasteiger partial charge in [0.25, 0.3) is 0 Å². The molecule has 2 aliphatic rings. The Morgan fingerprint density at radius 1 is 1.08 bits per heavy atom. The minimum Gasteiger partial charge on any atom is -0.478 e. The fourth-order valence-corrected chi connectivity index (χ4v) is 4.54. The highest BCUT2D eigenvalue weighted by molar-refractivity contribution is 5.89. The number of nitrogens with two attached hydrogens (primary N) is 1. The number of anilines is 1. The van der Waals surface area contributed by atoms with Gasteiger partial charge in [-0.3, -0.25) is 4.79 Å². The SMILES string of the molecule is N[C@@H](CC(=O)N1CC[C@H]2CN(c3ccc[nH]3)C[C@H]21)Cc1cc(F)c(F)cc1F.O=C(O)/C=C/C(=O)O. The van der Waals surface area contributed by atoms with E-state index in [0.717, 1.165) is 31.4 Å². The number of carboxylic acids is 2. The number of likely N-dealkylation sites (tertiary alicyclic amines) is 1. The van der Waals surface area contributed by atoms with Crippen LogP contribution in [0, 0.1) is 23.4 Å². The molecule has 0 saturated carbocycles. The molecule has 3 heterocycles. The highest BCUT2D eigenvalue weighted by Gasteiger charge is 2.43. The average molecular weight is 508 g/mol. The number of amides is 1. The first-order valence-electron chi connectivity index (χ1n) is 11.3. The second kappa shape index (κ2) is 11.8. The average Bonchev–Trinajstić information content (AvgIpc) is 3.53. The number of halogens is 3. The number of hydrogen-bond donors (Lipinski definition) is 4. The van der Waals surface area contributed by atoms with Crippen LogP contribution in [0.3, 0.4) is 0 Å². The highest BCUT2D eigenvalue weighted by atomic mass is 19.2. The molecule has 1 aromatic carbocycles. The fraction of sp³-hybridized carbons (Fsp3) is 0.375. The second-order valence-electron chi connectivity index (χ2n) is 8.70. The monoisotopic (exact) mass is 508 g/mol. The van der Waals surface area contributed by atoms with Crippen LogP contribution in [0.15, 0.2) is 42.6 Å². The number of H-pyrrole nitrogens is 1. The van der Waals surface area contributed by atoms with Crippen LogP contribution in [-0.2, 0) is 20.8 Å². The van der Waals surface area contributed by atoms with E-state index >= 15 is 0 Å². The van der Waals surface area contributed by atoms with Crippen molar-refractivity contribution < 1.29 is 37.8 Å². The number of aromatic amines is 1. The van der Waals surface area contributed by atoms with Gasteiger partial charge in [0, 0.05) is 62.4 Å². The molecular formula is C24H27F3N4O5. The summed E-state index contributed by atoms with van der Waals surface area (Å²) < 4.78 is 40.2. The first kappa shape index (κ1) is 26.8. The molecule has 0 aliphatic carbocycles. The molecule has 1 aromatic heterocycles. The van der Waals surface area contributed by atoms with E-state index in [1.807, 2.05) is 23.2 Å². The molecule has 0 spiro atoms. The number of carbonyl (C=O) groups is 3. The van der Waals surface area contributed by atoms with Gasteiger partial charge in [0.2, 0.25) is 5.91 Å². The van der Waals surface area contributed by atoms with E-state index in [4.69, 9.17) is 15.9 Å². The fourth-order valence-electron chi connectivity index (χ4n) is 4.54. The quantitative estimate of drug-likeness (QED) is 0.332. The van der Waals surface area contributed by atoms with Crippen molar-refractivity contribution in [2.75, 3.05) is 24.5 Å². The summed E-state index contributed by atoms with van der Waals surface area (Å²) in [6.07, 6.45) is 3.96. The lowest BCUT2D eigenvalue weighted by molar-refractivity contribution is -0.134. The maximum atomic E-state index is 13.8. The molecule has 2 saturated heterocycles. The molecule has 3 atom stereocenters. The Bertz CT molecular complexity index is 1110. The summed E-state index contributed by atoms with van der Waals surface area (Å²) in [5.41, 5.74) is 6.01. The van der Waals surface area contributed by atoms with Gasteiger partial charge in [0.1, 0.15) is 11.6 Å². The summed E-state index contributed by atoms with van der Waals surface area (Å²) in [5, 5.41) is 15.6. The Balaban J connectivity index is 0.000000392. The number of fused-ring (bicyclic) bond motifs is 1. The van der Waals surface area contributed by atoms with E-state index in [1.54, 1.807) is 0 Å². The molecule has 0 unspecified atom stereocenters. The van der Waals surface area contributed by atoms with E-state index in [-0.39, 0.29) is 30.4 Å². The maximum absolute atomic E-state index is 13.8. The molecule has 2 fully saturated rings. The van der Waals surface area contributed by atoms with E-state index in [0.29, 0.717) is 30.7 Å². The van der Waals surface area contributed by atoms with Crippen LogP contribution in [0.4, 0.5) is 19.0 Å². The lowest BCUT2D eigenvalue weighted by Crippen LogP contribution is -2.42. The van der Waals surface area contributed by atoms with Crippen LogP contribution in [0.2, 0.25) is 0 Å². The summed E-state index contributed by atoms with van der Waals surface area (Å²) in [6.45, 7) is 2.37. The Kier molecular flexibility index (Phi) is 8.75. The minimum atomic E-state index is -1.26. The smallest absolute Gasteiger partial charge is 0.328 e. The summed E-state index contributed by atoms with van der Waals surface area (Å²) in [4.78, 5) is 39.2. The first-order chi connectivity index (χ1) is 17.0. The third-order valence-electron chi connectivity index (χ3n) is 6.17. The van der Waals surface area contributed by atoms with E-state index in [2.05, 4.69) is 9.88 Å². The summed E-state index contributed by atoms with van der Waals surface area (Å²) in [7, 11) is 0. The van der Waals surface area contributed by atoms with Gasteiger partial charge in [-0.15, -0.1) is 0 Å². The van der Waals surface area contributed by atoms with Crippen molar-refractivity contribution >= 4 is 23.7 Å². The van der Waals surface area contributed by atoms with Crippen LogP contribution in [0.25, 0.3) is 0 Å². The van der Waals surface area contributed by atoms with Crippen LogP contribution < -0.4 is 10.6 Å². The summed E-state index contributed by atoms with van der Waals surface area (Å²) >= 11 is 0. The number of benzene rings is 1. The third kappa shape index (κ3) is 6.87. The van der Waals surface area contributed by atoms with Gasteiger partial charge < -0.3 is 30.7 Å². The topological polar surface area (TPSA) is 140 Å². The van der Waals surface area contributed by atoms with Gasteiger partial charge >= 0.3 is 11.9 Å². The molecule has 5 N–H and O–H groups in total. The number of rotatable bonds is 7. The van der Waals surface area contributed by atoms with Gasteiger partial charge in [-0.1, -0.05) is 0 Å². The lowest BCUT2D eigenvalue weighted by Gasteiger charge is -2.26. The van der Waals surface area contributed by atoms with Gasteiger partial charge in [-0.2, -0.15) is 0 Å². The molecule has 0 radical (unpaired) electrons. The lowest BCUT2D eigenvalue weighted by atomic mass is 10.0. The van der Waals surface area contributed by atoms with Gasteiger partial charge in [0.15, 0.2) is 11.6 Å². The van der Waals surface area contributed by atoms with Crippen LogP contribution in [0.5, 0.6) is 0 Å². The number of nitrogens with zero attached hydrogens (tertiary/aromatic N) is 2. The molecule has 2 aliphatic heterocycles. The van der Waals surface area contributed by atoms with Gasteiger partial charge in [-0.25, -0.2) is 22.8 Å². The van der Waals surface area contributed by atoms with Crippen molar-refractivity contribution in [1.82, 2.24) is 9.88 Å². The molecule has 194 valence electrons. The summed E-state index contributed by atoms with van der Waals surface area (Å²) in [5.74, 6) is -4.31. The Hall–Kier alpha value is -3.80. The Morgan fingerprint density at radius 3 is 2.36 bits per heavy atom. The minimum absolute atomic E-state index is 0.0164. The summed E-state index contributed by atoms with van der Waals surface area (Å²) in [6, 6.07) is 4.77. The van der Waals surface area contributed by atoms with Crippen molar-refractivity contribution in [2.45, 2.75) is 31.3 Å². The standard InChI is InChI=1S/C20H23F3N4O.C4H4O4/c21-15-9-17(23)16(22)7-13(15)6-14(24)8-20(28)27-5-3-12-10-26(11-18(12)27)19-2-1-4-25-19;5-3(6)1-2-4(7)8/h1-2,4,7,9,12,14,18,25H,3,5-6,8,10-11,24H2;1-2H,(H,5,6)(H,7,8)/b;2-1+/t12-,14+,18+;/m0./s1.